The summed E-state index contributed by atoms with van der Waals surface area (Å²) in [7, 11) is 0. The van der Waals surface area contributed by atoms with Crippen LogP contribution in [0.3, 0.4) is 0 Å². The number of anilines is 1. The second-order valence-electron chi connectivity index (χ2n) is 5.32. The van der Waals surface area contributed by atoms with Crippen molar-refractivity contribution in [2.45, 2.75) is 49.8 Å². The van der Waals surface area contributed by atoms with Crippen LogP contribution in [0.15, 0.2) is 34.7 Å². The predicted molar refractivity (Wildman–Crippen MR) is 98.2 cm³/mol. The fraction of sp³-hybridized carbons (Fsp3) is 0.471. The number of benzene rings is 1. The number of aromatic nitrogens is 2. The van der Waals surface area contributed by atoms with E-state index in [1.807, 2.05) is 6.07 Å². The lowest BCUT2D eigenvalue weighted by Gasteiger charge is -2.00. The average Bonchev–Trinajstić information content (AvgIpc) is 3.00. The van der Waals surface area contributed by atoms with Crippen LogP contribution >= 0.6 is 23.1 Å². The van der Waals surface area contributed by atoms with Gasteiger partial charge in [0, 0.05) is 12.2 Å². The van der Waals surface area contributed by atoms with Crippen LogP contribution in [0.1, 0.15) is 44.6 Å². The summed E-state index contributed by atoms with van der Waals surface area (Å²) >= 11 is 3.13. The van der Waals surface area contributed by atoms with Gasteiger partial charge in [-0.3, -0.25) is 4.79 Å². The first-order valence-corrected chi connectivity index (χ1v) is 9.88. The molecule has 0 atom stereocenters. The molecule has 0 aliphatic heterocycles. The van der Waals surface area contributed by atoms with Crippen molar-refractivity contribution in [3.8, 4) is 0 Å². The fourth-order valence-corrected chi connectivity index (χ4v) is 3.94. The molecule has 0 bridgehead atoms. The fourth-order valence-electron chi connectivity index (χ4n) is 2.11. The van der Waals surface area contributed by atoms with Crippen molar-refractivity contribution in [2.24, 2.45) is 0 Å². The molecule has 6 heteroatoms. The maximum Gasteiger partial charge on any atom is 0.226 e. The van der Waals surface area contributed by atoms with E-state index < -0.39 is 0 Å². The highest BCUT2D eigenvalue weighted by atomic mass is 32.2. The summed E-state index contributed by atoms with van der Waals surface area (Å²) < 4.78 is 0.905. The summed E-state index contributed by atoms with van der Waals surface area (Å²) in [5.41, 5.74) is 1.32. The number of amides is 1. The summed E-state index contributed by atoms with van der Waals surface area (Å²) in [4.78, 5) is 11.8. The zero-order valence-electron chi connectivity index (χ0n) is 13.5. The molecule has 1 amide bonds. The number of nitrogens with one attached hydrogen (secondary N) is 1. The maximum absolute atomic E-state index is 11.8. The summed E-state index contributed by atoms with van der Waals surface area (Å²) in [6.07, 6.45) is 5.99. The standard InChI is InChI=1S/C17H23N3OS2/c1-2-3-4-8-11-15(21)18-16-19-20-17(23-16)22-13-12-14-9-6-5-7-10-14/h5-7,9-10H,2-4,8,11-13H2,1H3,(H,18,19,21). The van der Waals surface area contributed by atoms with Gasteiger partial charge in [-0.15, -0.1) is 10.2 Å². The predicted octanol–water partition coefficient (Wildman–Crippen LogP) is 4.78. The van der Waals surface area contributed by atoms with E-state index in [0.29, 0.717) is 11.6 Å². The van der Waals surface area contributed by atoms with E-state index in [-0.39, 0.29) is 5.91 Å². The number of unbranched alkanes of at least 4 members (excludes halogenated alkanes) is 3. The monoisotopic (exact) mass is 349 g/mol. The Bertz CT molecular complexity index is 587. The molecule has 2 aromatic rings. The topological polar surface area (TPSA) is 54.9 Å². The van der Waals surface area contributed by atoms with Gasteiger partial charge in [0.25, 0.3) is 0 Å². The van der Waals surface area contributed by atoms with Crippen molar-refractivity contribution in [3.63, 3.8) is 0 Å². The van der Waals surface area contributed by atoms with Gasteiger partial charge in [-0.25, -0.2) is 0 Å². The van der Waals surface area contributed by atoms with Crippen LogP contribution in [0.25, 0.3) is 0 Å². The maximum atomic E-state index is 11.8. The van der Waals surface area contributed by atoms with E-state index >= 15 is 0 Å². The molecule has 0 saturated heterocycles. The zero-order valence-corrected chi connectivity index (χ0v) is 15.1. The average molecular weight is 350 g/mol. The van der Waals surface area contributed by atoms with E-state index in [2.05, 4.69) is 46.7 Å². The molecule has 0 unspecified atom stereocenters. The molecule has 0 spiro atoms. The van der Waals surface area contributed by atoms with Gasteiger partial charge in [0.15, 0.2) is 4.34 Å². The van der Waals surface area contributed by atoms with Gasteiger partial charge in [0.2, 0.25) is 11.0 Å². The summed E-state index contributed by atoms with van der Waals surface area (Å²) in [6, 6.07) is 10.4. The smallest absolute Gasteiger partial charge is 0.226 e. The number of nitrogens with zero attached hydrogens (tertiary/aromatic N) is 2. The van der Waals surface area contributed by atoms with Crippen LogP contribution in [0.5, 0.6) is 0 Å². The lowest BCUT2D eigenvalue weighted by atomic mass is 10.1. The molecular formula is C17H23N3OS2. The lowest BCUT2D eigenvalue weighted by molar-refractivity contribution is -0.116. The second kappa shape index (κ2) is 10.4. The Kier molecular flexibility index (Phi) is 8.11. The van der Waals surface area contributed by atoms with Gasteiger partial charge in [0.1, 0.15) is 0 Å². The van der Waals surface area contributed by atoms with Crippen molar-refractivity contribution < 1.29 is 4.79 Å². The minimum absolute atomic E-state index is 0.0399. The Balaban J connectivity index is 1.67. The third kappa shape index (κ3) is 7.14. The first-order valence-electron chi connectivity index (χ1n) is 8.08. The minimum Gasteiger partial charge on any atom is -0.301 e. The van der Waals surface area contributed by atoms with E-state index in [1.165, 1.54) is 29.7 Å². The van der Waals surface area contributed by atoms with Crippen LogP contribution in [0.2, 0.25) is 0 Å². The van der Waals surface area contributed by atoms with Gasteiger partial charge >= 0.3 is 0 Å². The third-order valence-electron chi connectivity index (χ3n) is 3.37. The van der Waals surface area contributed by atoms with Crippen molar-refractivity contribution in [1.29, 1.82) is 0 Å². The molecular weight excluding hydrogens is 326 g/mol. The third-order valence-corrected chi connectivity index (χ3v) is 5.34. The summed E-state index contributed by atoms with van der Waals surface area (Å²) in [6.45, 7) is 2.16. The zero-order chi connectivity index (χ0) is 16.3. The Morgan fingerprint density at radius 1 is 1.17 bits per heavy atom. The Morgan fingerprint density at radius 2 is 2.00 bits per heavy atom. The highest BCUT2D eigenvalue weighted by molar-refractivity contribution is 8.01. The molecule has 23 heavy (non-hydrogen) atoms. The highest BCUT2D eigenvalue weighted by Gasteiger charge is 2.08. The molecule has 124 valence electrons. The molecule has 0 aliphatic carbocycles. The lowest BCUT2D eigenvalue weighted by Crippen LogP contribution is -2.10. The molecule has 2 rings (SSSR count). The summed E-state index contributed by atoms with van der Waals surface area (Å²) in [5.74, 6) is 1.00. The SMILES string of the molecule is CCCCCCC(=O)Nc1nnc(SCCc2ccccc2)s1. The first-order chi connectivity index (χ1) is 11.3. The first kappa shape index (κ1) is 17.9. The molecule has 0 aliphatic rings. The largest absolute Gasteiger partial charge is 0.301 e. The number of carbonyl (C=O) groups is 1. The number of carbonyl (C=O) groups excluding carboxylic acids is 1. The van der Waals surface area contributed by atoms with Crippen molar-refractivity contribution in [2.75, 3.05) is 11.1 Å². The molecule has 1 aromatic carbocycles. The number of aryl methyl sites for hydroxylation is 1. The Hall–Kier alpha value is -1.40. The second-order valence-corrected chi connectivity index (χ2v) is 7.64. The normalized spacial score (nSPS) is 10.7. The van der Waals surface area contributed by atoms with Gasteiger partial charge in [-0.05, 0) is 18.4 Å². The van der Waals surface area contributed by atoms with Crippen LogP contribution in [0, 0.1) is 0 Å². The number of thioether (sulfide) groups is 1. The minimum atomic E-state index is 0.0399. The van der Waals surface area contributed by atoms with Crippen molar-refractivity contribution >= 4 is 34.1 Å². The van der Waals surface area contributed by atoms with E-state index in [1.54, 1.807) is 11.8 Å². The van der Waals surface area contributed by atoms with Gasteiger partial charge in [0.05, 0.1) is 0 Å². The molecule has 4 nitrogen and oxygen atoms in total. The quantitative estimate of drug-likeness (QED) is 0.381. The number of rotatable bonds is 10. The number of hydrogen-bond donors (Lipinski definition) is 1. The van der Waals surface area contributed by atoms with E-state index in [9.17, 15) is 4.79 Å². The Labute approximate surface area is 146 Å². The van der Waals surface area contributed by atoms with Gasteiger partial charge < -0.3 is 5.32 Å². The molecule has 0 radical (unpaired) electrons. The molecule has 0 fully saturated rings. The highest BCUT2D eigenvalue weighted by Crippen LogP contribution is 2.26. The number of hydrogen-bond acceptors (Lipinski definition) is 5. The van der Waals surface area contributed by atoms with Crippen molar-refractivity contribution in [1.82, 2.24) is 10.2 Å². The van der Waals surface area contributed by atoms with E-state index in [4.69, 9.17) is 0 Å². The van der Waals surface area contributed by atoms with Crippen LogP contribution in [-0.2, 0) is 11.2 Å². The van der Waals surface area contributed by atoms with Gasteiger partial charge in [-0.2, -0.15) is 0 Å². The van der Waals surface area contributed by atoms with Gasteiger partial charge in [-0.1, -0.05) is 79.6 Å². The molecule has 0 saturated carbocycles. The Morgan fingerprint density at radius 3 is 2.78 bits per heavy atom. The van der Waals surface area contributed by atoms with Crippen LogP contribution in [-0.4, -0.2) is 21.9 Å². The van der Waals surface area contributed by atoms with Crippen LogP contribution in [0.4, 0.5) is 5.13 Å². The van der Waals surface area contributed by atoms with Crippen LogP contribution < -0.4 is 5.32 Å². The van der Waals surface area contributed by atoms with E-state index in [0.717, 1.165) is 29.4 Å². The van der Waals surface area contributed by atoms with Crippen molar-refractivity contribution in [3.05, 3.63) is 35.9 Å². The molecule has 1 aromatic heterocycles. The molecule has 1 N–H and O–H groups in total. The summed E-state index contributed by atoms with van der Waals surface area (Å²) in [5, 5.41) is 11.6. The molecule has 1 heterocycles.